The first kappa shape index (κ1) is 22.9. The monoisotopic (exact) mass is 478 g/mol. The SMILES string of the molecule is COc1ccc(Cl)cc1NC(=O)CN(c1ccc(C)cc1)S(=O)(=O)c1ccc(Cl)cc1. The third kappa shape index (κ3) is 5.50. The molecule has 6 nitrogen and oxygen atoms in total. The van der Waals surface area contributed by atoms with Gasteiger partial charge in [0.05, 0.1) is 23.4 Å². The fraction of sp³-hybridized carbons (Fsp3) is 0.136. The molecule has 0 aliphatic carbocycles. The summed E-state index contributed by atoms with van der Waals surface area (Å²) in [7, 11) is -2.58. The van der Waals surface area contributed by atoms with Crippen LogP contribution in [0.25, 0.3) is 0 Å². The number of hydrogen-bond acceptors (Lipinski definition) is 4. The van der Waals surface area contributed by atoms with Crippen molar-refractivity contribution < 1.29 is 17.9 Å². The fourth-order valence-corrected chi connectivity index (χ4v) is 4.58. The first-order valence-corrected chi connectivity index (χ1v) is 11.4. The Morgan fingerprint density at radius 2 is 1.58 bits per heavy atom. The van der Waals surface area contributed by atoms with Crippen LogP contribution in [-0.4, -0.2) is 28.0 Å². The molecule has 3 aromatic carbocycles. The van der Waals surface area contributed by atoms with Gasteiger partial charge in [-0.3, -0.25) is 9.10 Å². The van der Waals surface area contributed by atoms with E-state index in [1.807, 2.05) is 6.92 Å². The third-order valence-corrected chi connectivity index (χ3v) is 6.72. The molecule has 0 unspecified atom stereocenters. The van der Waals surface area contributed by atoms with Crippen LogP contribution in [-0.2, 0) is 14.8 Å². The van der Waals surface area contributed by atoms with Gasteiger partial charge in [-0.25, -0.2) is 8.42 Å². The van der Waals surface area contributed by atoms with Crippen LogP contribution in [0.1, 0.15) is 5.56 Å². The maximum atomic E-state index is 13.4. The predicted octanol–water partition coefficient (Wildman–Crippen LogP) is 5.14. The van der Waals surface area contributed by atoms with Crippen LogP contribution in [0.15, 0.2) is 71.6 Å². The van der Waals surface area contributed by atoms with Gasteiger partial charge in [-0.15, -0.1) is 0 Å². The highest BCUT2D eigenvalue weighted by molar-refractivity contribution is 7.92. The summed E-state index contributed by atoms with van der Waals surface area (Å²) in [5, 5.41) is 3.48. The number of carbonyl (C=O) groups excluding carboxylic acids is 1. The number of nitrogens with one attached hydrogen (secondary N) is 1. The first-order valence-electron chi connectivity index (χ1n) is 9.19. The molecule has 0 aliphatic heterocycles. The predicted molar refractivity (Wildman–Crippen MR) is 124 cm³/mol. The number of ether oxygens (including phenoxy) is 1. The molecule has 0 atom stereocenters. The van der Waals surface area contributed by atoms with Crippen molar-refractivity contribution >= 4 is 50.5 Å². The zero-order valence-electron chi connectivity index (χ0n) is 16.8. The number of benzene rings is 3. The smallest absolute Gasteiger partial charge is 0.264 e. The van der Waals surface area contributed by atoms with Crippen molar-refractivity contribution in [3.8, 4) is 5.75 Å². The van der Waals surface area contributed by atoms with E-state index in [0.717, 1.165) is 9.87 Å². The second-order valence-electron chi connectivity index (χ2n) is 6.69. The van der Waals surface area contributed by atoms with Gasteiger partial charge in [-0.05, 0) is 61.5 Å². The Morgan fingerprint density at radius 1 is 0.968 bits per heavy atom. The van der Waals surface area contributed by atoms with Crippen molar-refractivity contribution in [1.82, 2.24) is 0 Å². The summed E-state index contributed by atoms with van der Waals surface area (Å²) in [4.78, 5) is 12.9. The van der Waals surface area contributed by atoms with Gasteiger partial charge in [0.1, 0.15) is 12.3 Å². The van der Waals surface area contributed by atoms with Gasteiger partial charge in [0.15, 0.2) is 0 Å². The number of sulfonamides is 1. The maximum Gasteiger partial charge on any atom is 0.264 e. The molecule has 0 aromatic heterocycles. The molecule has 0 bridgehead atoms. The molecule has 1 N–H and O–H groups in total. The maximum absolute atomic E-state index is 13.4. The average Bonchev–Trinajstić information content (AvgIpc) is 2.73. The summed E-state index contributed by atoms with van der Waals surface area (Å²) >= 11 is 11.9. The van der Waals surface area contributed by atoms with Crippen LogP contribution >= 0.6 is 23.2 Å². The van der Waals surface area contributed by atoms with Crippen molar-refractivity contribution in [2.24, 2.45) is 0 Å². The van der Waals surface area contributed by atoms with Crippen molar-refractivity contribution in [1.29, 1.82) is 0 Å². The molecule has 3 aromatic rings. The van der Waals surface area contributed by atoms with E-state index < -0.39 is 22.5 Å². The van der Waals surface area contributed by atoms with E-state index in [2.05, 4.69) is 5.32 Å². The van der Waals surface area contributed by atoms with E-state index >= 15 is 0 Å². The Bertz CT molecular complexity index is 1180. The average molecular weight is 479 g/mol. The Balaban J connectivity index is 1.95. The van der Waals surface area contributed by atoms with Gasteiger partial charge in [0, 0.05) is 10.0 Å². The van der Waals surface area contributed by atoms with Gasteiger partial charge in [-0.1, -0.05) is 40.9 Å². The second-order valence-corrected chi connectivity index (χ2v) is 9.43. The number of methoxy groups -OCH3 is 1. The lowest BCUT2D eigenvalue weighted by atomic mass is 10.2. The van der Waals surface area contributed by atoms with Gasteiger partial charge in [0.25, 0.3) is 10.0 Å². The number of amides is 1. The minimum atomic E-state index is -4.04. The Kier molecular flexibility index (Phi) is 7.10. The van der Waals surface area contributed by atoms with Crippen LogP contribution in [0.3, 0.4) is 0 Å². The van der Waals surface area contributed by atoms with Crippen molar-refractivity contribution in [2.45, 2.75) is 11.8 Å². The minimum absolute atomic E-state index is 0.0191. The summed E-state index contributed by atoms with van der Waals surface area (Å²) < 4.78 is 33.0. The summed E-state index contributed by atoms with van der Waals surface area (Å²) in [5.41, 5.74) is 1.65. The Labute approximate surface area is 191 Å². The molecule has 3 rings (SSSR count). The van der Waals surface area contributed by atoms with Crippen molar-refractivity contribution in [3.63, 3.8) is 0 Å². The largest absolute Gasteiger partial charge is 0.495 e. The summed E-state index contributed by atoms with van der Waals surface area (Å²) in [6.07, 6.45) is 0. The van der Waals surface area contributed by atoms with E-state index in [1.165, 1.54) is 37.4 Å². The first-order chi connectivity index (χ1) is 14.7. The molecule has 0 saturated carbocycles. The summed E-state index contributed by atoms with van der Waals surface area (Å²) in [6, 6.07) is 17.4. The van der Waals surface area contributed by atoms with Crippen LogP contribution in [0, 0.1) is 6.92 Å². The van der Waals surface area contributed by atoms with Crippen molar-refractivity contribution in [3.05, 3.63) is 82.3 Å². The lowest BCUT2D eigenvalue weighted by molar-refractivity contribution is -0.114. The lowest BCUT2D eigenvalue weighted by Crippen LogP contribution is -2.38. The van der Waals surface area contributed by atoms with E-state index in [-0.39, 0.29) is 4.90 Å². The highest BCUT2D eigenvalue weighted by atomic mass is 35.5. The van der Waals surface area contributed by atoms with E-state index in [4.69, 9.17) is 27.9 Å². The Morgan fingerprint density at radius 3 is 2.19 bits per heavy atom. The molecule has 0 fully saturated rings. The van der Waals surface area contributed by atoms with Crippen LogP contribution in [0.5, 0.6) is 5.75 Å². The van der Waals surface area contributed by atoms with Gasteiger partial charge >= 0.3 is 0 Å². The highest BCUT2D eigenvalue weighted by Crippen LogP contribution is 2.29. The van der Waals surface area contributed by atoms with Gasteiger partial charge < -0.3 is 10.1 Å². The number of anilines is 2. The molecule has 9 heteroatoms. The molecule has 0 radical (unpaired) electrons. The molecular formula is C22H20Cl2N2O4S. The van der Waals surface area contributed by atoms with Crippen LogP contribution in [0.4, 0.5) is 11.4 Å². The third-order valence-electron chi connectivity index (χ3n) is 4.45. The molecule has 162 valence electrons. The zero-order chi connectivity index (χ0) is 22.6. The second kappa shape index (κ2) is 9.60. The normalized spacial score (nSPS) is 11.1. The number of nitrogens with zero attached hydrogens (tertiary/aromatic N) is 1. The minimum Gasteiger partial charge on any atom is -0.495 e. The Hall–Kier alpha value is -2.74. The van der Waals surface area contributed by atoms with Crippen LogP contribution < -0.4 is 14.4 Å². The molecule has 0 spiro atoms. The lowest BCUT2D eigenvalue weighted by Gasteiger charge is -2.24. The van der Waals surface area contributed by atoms with E-state index in [1.54, 1.807) is 36.4 Å². The number of rotatable bonds is 7. The highest BCUT2D eigenvalue weighted by Gasteiger charge is 2.27. The number of halogens is 2. The number of hydrogen-bond donors (Lipinski definition) is 1. The molecule has 0 saturated heterocycles. The van der Waals surface area contributed by atoms with Gasteiger partial charge in [0.2, 0.25) is 5.91 Å². The topological polar surface area (TPSA) is 75.7 Å². The number of carbonyl (C=O) groups is 1. The quantitative estimate of drug-likeness (QED) is 0.509. The van der Waals surface area contributed by atoms with Gasteiger partial charge in [-0.2, -0.15) is 0 Å². The molecule has 31 heavy (non-hydrogen) atoms. The van der Waals surface area contributed by atoms with E-state index in [9.17, 15) is 13.2 Å². The van der Waals surface area contributed by atoms with E-state index in [0.29, 0.717) is 27.2 Å². The number of aryl methyl sites for hydroxylation is 1. The standard InChI is InChI=1S/C22H20Cl2N2O4S/c1-15-3-8-18(9-4-15)26(31(28,29)19-10-5-16(23)6-11-19)14-22(27)25-20-13-17(24)7-12-21(20)30-2/h3-13H,14H2,1-2H3,(H,25,27). The van der Waals surface area contributed by atoms with Crippen molar-refractivity contribution in [2.75, 3.05) is 23.3 Å². The summed E-state index contributed by atoms with van der Waals surface area (Å²) in [6.45, 7) is 1.43. The zero-order valence-corrected chi connectivity index (χ0v) is 19.1. The van der Waals surface area contributed by atoms with Crippen LogP contribution in [0.2, 0.25) is 10.0 Å². The molecule has 0 heterocycles. The molecule has 0 aliphatic rings. The molecular weight excluding hydrogens is 459 g/mol. The molecule has 1 amide bonds. The fourth-order valence-electron chi connectivity index (χ4n) is 2.86. The summed E-state index contributed by atoms with van der Waals surface area (Å²) in [5.74, 6) is -0.154.